The summed E-state index contributed by atoms with van der Waals surface area (Å²) in [4.78, 5) is 16.0. The molecule has 0 unspecified atom stereocenters. The van der Waals surface area contributed by atoms with Gasteiger partial charge in [-0.2, -0.15) is 0 Å². The lowest BCUT2D eigenvalue weighted by molar-refractivity contribution is -0.384. The van der Waals surface area contributed by atoms with Gasteiger partial charge in [0.05, 0.1) is 10.6 Å². The molecule has 6 heteroatoms. The second-order valence-electron chi connectivity index (χ2n) is 6.50. The molecule has 0 aliphatic rings. The van der Waals surface area contributed by atoms with Gasteiger partial charge in [-0.25, -0.2) is 4.99 Å². The molecule has 0 bridgehead atoms. The van der Waals surface area contributed by atoms with Gasteiger partial charge in [0, 0.05) is 29.8 Å². The summed E-state index contributed by atoms with van der Waals surface area (Å²) in [6, 6.07) is 6.38. The molecule has 5 nitrogen and oxygen atoms in total. The average Bonchev–Trinajstić information content (AvgIpc) is 2.81. The van der Waals surface area contributed by atoms with Crippen molar-refractivity contribution in [2.75, 3.05) is 0 Å². The number of rotatable bonds is 6. The predicted octanol–water partition coefficient (Wildman–Crippen LogP) is 4.54. The van der Waals surface area contributed by atoms with Gasteiger partial charge in [0.25, 0.3) is 5.69 Å². The lowest BCUT2D eigenvalue weighted by atomic mass is 10.1. The standard InChI is InChI=1S/C17H23N3O2S/c1-12(2)9-16-11-23-17(19(16)10-13(3)4)18-14-5-7-15(8-6-14)20(21)22/h5-8,11-13H,9-10H2,1-4H3. The summed E-state index contributed by atoms with van der Waals surface area (Å²) >= 11 is 1.63. The number of aromatic nitrogens is 1. The number of nitro groups is 1. The van der Waals surface area contributed by atoms with Crippen LogP contribution in [0.15, 0.2) is 34.6 Å². The van der Waals surface area contributed by atoms with Crippen LogP contribution in [0, 0.1) is 22.0 Å². The van der Waals surface area contributed by atoms with Crippen molar-refractivity contribution < 1.29 is 4.92 Å². The highest BCUT2D eigenvalue weighted by Crippen LogP contribution is 2.18. The first-order chi connectivity index (χ1) is 10.9. The summed E-state index contributed by atoms with van der Waals surface area (Å²) in [7, 11) is 0. The van der Waals surface area contributed by atoms with Crippen molar-refractivity contribution in [1.29, 1.82) is 0 Å². The molecule has 0 aliphatic carbocycles. The van der Waals surface area contributed by atoms with Gasteiger partial charge in [-0.05, 0) is 30.4 Å². The fourth-order valence-electron chi connectivity index (χ4n) is 2.35. The van der Waals surface area contributed by atoms with Crippen molar-refractivity contribution in [3.8, 4) is 0 Å². The molecule has 2 rings (SSSR count). The van der Waals surface area contributed by atoms with Gasteiger partial charge in [-0.15, -0.1) is 11.3 Å². The number of benzene rings is 1. The van der Waals surface area contributed by atoms with Gasteiger partial charge in [0.15, 0.2) is 4.80 Å². The number of nitro benzene ring substituents is 1. The number of hydrogen-bond donors (Lipinski definition) is 0. The van der Waals surface area contributed by atoms with E-state index >= 15 is 0 Å². The van der Waals surface area contributed by atoms with Gasteiger partial charge in [-0.3, -0.25) is 10.1 Å². The van der Waals surface area contributed by atoms with Crippen molar-refractivity contribution in [2.45, 2.75) is 40.7 Å². The third kappa shape index (κ3) is 4.76. The molecule has 2 aromatic rings. The summed E-state index contributed by atoms with van der Waals surface area (Å²) in [6.07, 6.45) is 1.03. The molecular formula is C17H23N3O2S. The van der Waals surface area contributed by atoms with E-state index in [0.29, 0.717) is 11.8 Å². The molecular weight excluding hydrogens is 310 g/mol. The molecule has 1 heterocycles. The summed E-state index contributed by atoms with van der Waals surface area (Å²) in [6.45, 7) is 9.74. The molecule has 0 amide bonds. The fraction of sp³-hybridized carbons (Fsp3) is 0.471. The van der Waals surface area contributed by atoms with E-state index in [2.05, 4.69) is 42.6 Å². The minimum absolute atomic E-state index is 0.0886. The molecule has 1 aromatic carbocycles. The van der Waals surface area contributed by atoms with Crippen molar-refractivity contribution in [3.05, 3.63) is 50.3 Å². The maximum absolute atomic E-state index is 10.7. The van der Waals surface area contributed by atoms with E-state index in [1.807, 2.05) is 0 Å². The van der Waals surface area contributed by atoms with Crippen LogP contribution >= 0.6 is 11.3 Å². The molecule has 0 N–H and O–H groups in total. The first-order valence-electron chi connectivity index (χ1n) is 7.83. The summed E-state index contributed by atoms with van der Waals surface area (Å²) in [5.74, 6) is 1.13. The van der Waals surface area contributed by atoms with Crippen LogP contribution < -0.4 is 4.80 Å². The van der Waals surface area contributed by atoms with E-state index in [4.69, 9.17) is 0 Å². The normalized spacial score (nSPS) is 12.3. The molecule has 0 spiro atoms. The minimum atomic E-state index is -0.394. The van der Waals surface area contributed by atoms with Gasteiger partial charge in [0.2, 0.25) is 0 Å². The first-order valence-corrected chi connectivity index (χ1v) is 8.71. The molecule has 0 atom stereocenters. The quantitative estimate of drug-likeness (QED) is 0.575. The first kappa shape index (κ1) is 17.4. The summed E-state index contributed by atoms with van der Waals surface area (Å²) < 4.78 is 2.27. The van der Waals surface area contributed by atoms with E-state index in [-0.39, 0.29) is 5.69 Å². The van der Waals surface area contributed by atoms with Crippen LogP contribution in [0.3, 0.4) is 0 Å². The van der Waals surface area contributed by atoms with Crippen LogP contribution in [0.5, 0.6) is 0 Å². The third-order valence-corrected chi connectivity index (χ3v) is 4.24. The maximum Gasteiger partial charge on any atom is 0.269 e. The van der Waals surface area contributed by atoms with Crippen LogP contribution in [0.25, 0.3) is 0 Å². The smallest absolute Gasteiger partial charge is 0.269 e. The van der Waals surface area contributed by atoms with Gasteiger partial charge in [0.1, 0.15) is 0 Å². The van der Waals surface area contributed by atoms with Crippen molar-refractivity contribution in [1.82, 2.24) is 4.57 Å². The Hall–Kier alpha value is -1.95. The average molecular weight is 333 g/mol. The van der Waals surface area contributed by atoms with Crippen LogP contribution in [-0.2, 0) is 13.0 Å². The van der Waals surface area contributed by atoms with E-state index < -0.39 is 4.92 Å². The topological polar surface area (TPSA) is 60.4 Å². The lowest BCUT2D eigenvalue weighted by Crippen LogP contribution is -2.21. The van der Waals surface area contributed by atoms with E-state index in [9.17, 15) is 10.1 Å². The molecule has 0 saturated heterocycles. The zero-order chi connectivity index (χ0) is 17.0. The molecule has 0 saturated carbocycles. The Kier molecular flexibility index (Phi) is 5.71. The van der Waals surface area contributed by atoms with E-state index in [1.54, 1.807) is 23.5 Å². The Morgan fingerprint density at radius 3 is 2.35 bits per heavy atom. The third-order valence-electron chi connectivity index (χ3n) is 3.33. The second kappa shape index (κ2) is 7.55. The van der Waals surface area contributed by atoms with Crippen molar-refractivity contribution in [3.63, 3.8) is 0 Å². The zero-order valence-corrected chi connectivity index (χ0v) is 14.8. The summed E-state index contributed by atoms with van der Waals surface area (Å²) in [5.41, 5.74) is 2.14. The molecule has 0 radical (unpaired) electrons. The highest BCUT2D eigenvalue weighted by molar-refractivity contribution is 7.07. The Bertz CT molecular complexity index is 727. The lowest BCUT2D eigenvalue weighted by Gasteiger charge is -2.12. The number of nitrogens with zero attached hydrogens (tertiary/aromatic N) is 3. The van der Waals surface area contributed by atoms with Gasteiger partial charge < -0.3 is 4.57 Å². The number of hydrogen-bond acceptors (Lipinski definition) is 4. The number of thiazole rings is 1. The van der Waals surface area contributed by atoms with Gasteiger partial charge >= 0.3 is 0 Å². The SMILES string of the molecule is CC(C)Cc1csc(=Nc2ccc([N+](=O)[O-])cc2)n1CC(C)C. The van der Waals surface area contributed by atoms with Crippen LogP contribution in [0.2, 0.25) is 0 Å². The molecule has 0 aliphatic heterocycles. The predicted molar refractivity (Wildman–Crippen MR) is 94.0 cm³/mol. The minimum Gasteiger partial charge on any atom is -0.321 e. The maximum atomic E-state index is 10.7. The Balaban J connectivity index is 2.40. The van der Waals surface area contributed by atoms with Crippen molar-refractivity contribution in [2.24, 2.45) is 16.8 Å². The monoisotopic (exact) mass is 333 g/mol. The van der Waals surface area contributed by atoms with Gasteiger partial charge in [-0.1, -0.05) is 27.7 Å². The fourth-order valence-corrected chi connectivity index (χ4v) is 3.30. The molecule has 0 fully saturated rings. The highest BCUT2D eigenvalue weighted by atomic mass is 32.1. The Morgan fingerprint density at radius 2 is 1.83 bits per heavy atom. The Labute approximate surface area is 140 Å². The summed E-state index contributed by atoms with van der Waals surface area (Å²) in [5, 5.41) is 12.9. The van der Waals surface area contributed by atoms with Crippen LogP contribution in [0.4, 0.5) is 11.4 Å². The van der Waals surface area contributed by atoms with Crippen LogP contribution in [-0.4, -0.2) is 9.49 Å². The molecule has 1 aromatic heterocycles. The number of non-ortho nitro benzene ring substituents is 1. The molecule has 124 valence electrons. The second-order valence-corrected chi connectivity index (χ2v) is 7.33. The Morgan fingerprint density at radius 1 is 1.17 bits per heavy atom. The van der Waals surface area contributed by atoms with E-state index in [0.717, 1.165) is 23.5 Å². The van der Waals surface area contributed by atoms with Crippen molar-refractivity contribution >= 4 is 22.7 Å². The largest absolute Gasteiger partial charge is 0.321 e. The highest BCUT2D eigenvalue weighted by Gasteiger charge is 2.10. The van der Waals surface area contributed by atoms with E-state index in [1.165, 1.54) is 17.8 Å². The zero-order valence-electron chi connectivity index (χ0n) is 14.0. The van der Waals surface area contributed by atoms with Crippen LogP contribution in [0.1, 0.15) is 33.4 Å². The molecule has 23 heavy (non-hydrogen) atoms.